The lowest BCUT2D eigenvalue weighted by Gasteiger charge is -2.23. The minimum atomic E-state index is 0. The average molecular weight is 399 g/mol. The average Bonchev–Trinajstić information content (AvgIpc) is 3.03. The summed E-state index contributed by atoms with van der Waals surface area (Å²) in [7, 11) is 0. The molecule has 2 N–H and O–H groups in total. The number of hydrogen-bond donors (Lipinski definition) is 1. The first kappa shape index (κ1) is 21.7. The smallest absolute Gasteiger partial charge is 0.254 e. The van der Waals surface area contributed by atoms with Crippen LogP contribution in [-0.2, 0) is 6.54 Å². The zero-order chi connectivity index (χ0) is 19.2. The van der Waals surface area contributed by atoms with Crippen LogP contribution >= 0.6 is 12.4 Å². The van der Waals surface area contributed by atoms with Crippen molar-refractivity contribution in [3.05, 3.63) is 83.2 Å². The van der Waals surface area contributed by atoms with Gasteiger partial charge >= 0.3 is 0 Å². The first-order chi connectivity index (χ1) is 13.1. The van der Waals surface area contributed by atoms with Gasteiger partial charge in [0.2, 0.25) is 0 Å². The molecule has 1 aromatic heterocycles. The van der Waals surface area contributed by atoms with E-state index in [0.29, 0.717) is 25.2 Å². The van der Waals surface area contributed by atoms with Gasteiger partial charge in [-0.1, -0.05) is 30.3 Å². The number of halogens is 1. The molecule has 2 aromatic carbocycles. The molecule has 1 amide bonds. The normalized spacial score (nSPS) is 10.4. The summed E-state index contributed by atoms with van der Waals surface area (Å²) in [4.78, 5) is 14.9. The Morgan fingerprint density at radius 3 is 2.32 bits per heavy atom. The van der Waals surface area contributed by atoms with Crippen LogP contribution in [0.4, 0.5) is 0 Å². The third-order valence-corrected chi connectivity index (χ3v) is 4.50. The van der Waals surface area contributed by atoms with Gasteiger partial charge in [0.1, 0.15) is 0 Å². The number of amides is 1. The second-order valence-corrected chi connectivity index (χ2v) is 6.74. The summed E-state index contributed by atoms with van der Waals surface area (Å²) in [5.74, 6) is 0.0206. The van der Waals surface area contributed by atoms with Crippen molar-refractivity contribution in [1.29, 1.82) is 0 Å². The highest BCUT2D eigenvalue weighted by molar-refractivity contribution is 5.94. The van der Waals surface area contributed by atoms with Crippen LogP contribution in [0.2, 0.25) is 0 Å². The van der Waals surface area contributed by atoms with Crippen molar-refractivity contribution in [2.45, 2.75) is 26.8 Å². The molecule has 0 saturated heterocycles. The molecule has 3 aromatic rings. The summed E-state index contributed by atoms with van der Waals surface area (Å²) in [6.07, 6.45) is 0.780. The third-order valence-electron chi connectivity index (χ3n) is 4.50. The number of carbonyl (C=O) groups is 1. The van der Waals surface area contributed by atoms with Crippen LogP contribution in [0, 0.1) is 13.8 Å². The fourth-order valence-corrected chi connectivity index (χ4v) is 3.16. The van der Waals surface area contributed by atoms with Crippen molar-refractivity contribution >= 4 is 18.3 Å². The largest absolute Gasteiger partial charge is 0.334 e. The predicted octanol–water partition coefficient (Wildman–Crippen LogP) is 3.90. The van der Waals surface area contributed by atoms with Crippen LogP contribution in [0.1, 0.15) is 33.7 Å². The van der Waals surface area contributed by atoms with Gasteiger partial charge in [0.25, 0.3) is 5.91 Å². The summed E-state index contributed by atoms with van der Waals surface area (Å²) in [5.41, 5.74) is 10.4. The van der Waals surface area contributed by atoms with Crippen molar-refractivity contribution < 1.29 is 4.79 Å². The molecule has 0 unspecified atom stereocenters. The Labute approximate surface area is 172 Å². The molecular weight excluding hydrogens is 372 g/mol. The van der Waals surface area contributed by atoms with Crippen molar-refractivity contribution in [2.75, 3.05) is 13.1 Å². The molecule has 5 nitrogen and oxygen atoms in total. The Morgan fingerprint density at radius 1 is 1.07 bits per heavy atom. The Morgan fingerprint density at radius 2 is 1.75 bits per heavy atom. The second-order valence-electron chi connectivity index (χ2n) is 6.74. The maximum atomic E-state index is 13.0. The van der Waals surface area contributed by atoms with Crippen LogP contribution in [0.3, 0.4) is 0 Å². The van der Waals surface area contributed by atoms with Gasteiger partial charge < -0.3 is 10.6 Å². The molecule has 28 heavy (non-hydrogen) atoms. The van der Waals surface area contributed by atoms with Gasteiger partial charge in [0, 0.05) is 24.3 Å². The number of nitrogens with zero attached hydrogens (tertiary/aromatic N) is 3. The summed E-state index contributed by atoms with van der Waals surface area (Å²) >= 11 is 0. The molecule has 0 spiro atoms. The van der Waals surface area contributed by atoms with Crippen molar-refractivity contribution in [3.8, 4) is 5.69 Å². The highest BCUT2D eigenvalue weighted by atomic mass is 35.5. The zero-order valence-electron chi connectivity index (χ0n) is 16.3. The number of rotatable bonds is 7. The van der Waals surface area contributed by atoms with Gasteiger partial charge in [-0.2, -0.15) is 5.10 Å². The fraction of sp³-hybridized carbons (Fsp3) is 0.273. The van der Waals surface area contributed by atoms with Gasteiger partial charge in [-0.15, -0.1) is 12.4 Å². The van der Waals surface area contributed by atoms with Crippen LogP contribution in [0.5, 0.6) is 0 Å². The first-order valence-electron chi connectivity index (χ1n) is 9.25. The molecule has 0 atom stereocenters. The predicted molar refractivity (Wildman–Crippen MR) is 115 cm³/mol. The van der Waals surface area contributed by atoms with E-state index in [1.807, 2.05) is 84.1 Å². The molecule has 148 valence electrons. The number of aromatic nitrogens is 2. The second kappa shape index (κ2) is 10.1. The van der Waals surface area contributed by atoms with E-state index < -0.39 is 0 Å². The highest BCUT2D eigenvalue weighted by Gasteiger charge is 2.16. The van der Waals surface area contributed by atoms with Crippen LogP contribution in [-0.4, -0.2) is 33.7 Å². The standard InChI is InChI=1S/C22H26N4O.ClH/c1-17-15-18(2)26(24-17)21-11-9-20(10-12-21)22(27)25(14-6-13-23)16-19-7-4-3-5-8-19;/h3-5,7-12,15H,6,13-14,16,23H2,1-2H3;1H. The van der Waals surface area contributed by atoms with E-state index in [-0.39, 0.29) is 18.3 Å². The molecule has 6 heteroatoms. The van der Waals surface area contributed by atoms with E-state index in [1.54, 1.807) is 0 Å². The quantitative estimate of drug-likeness (QED) is 0.656. The Hall–Kier alpha value is -2.63. The SMILES string of the molecule is Cc1cc(C)n(-c2ccc(C(=O)N(CCCN)Cc3ccccc3)cc2)n1.Cl. The van der Waals surface area contributed by atoms with E-state index in [9.17, 15) is 4.79 Å². The molecule has 1 heterocycles. The van der Waals surface area contributed by atoms with Crippen LogP contribution in [0.25, 0.3) is 5.69 Å². The fourth-order valence-electron chi connectivity index (χ4n) is 3.16. The summed E-state index contributed by atoms with van der Waals surface area (Å²) < 4.78 is 1.89. The van der Waals surface area contributed by atoms with Crippen molar-refractivity contribution in [2.24, 2.45) is 5.73 Å². The summed E-state index contributed by atoms with van der Waals surface area (Å²) in [6, 6.07) is 19.7. The Bertz CT molecular complexity index is 891. The number of benzene rings is 2. The van der Waals surface area contributed by atoms with Gasteiger partial charge in [-0.3, -0.25) is 4.79 Å². The Balaban J connectivity index is 0.00000280. The molecule has 0 aliphatic carbocycles. The summed E-state index contributed by atoms with van der Waals surface area (Å²) in [5, 5.41) is 4.49. The molecule has 0 radical (unpaired) electrons. The van der Waals surface area contributed by atoms with E-state index in [4.69, 9.17) is 5.73 Å². The molecule has 0 aliphatic heterocycles. The van der Waals surface area contributed by atoms with E-state index in [0.717, 1.165) is 29.1 Å². The van der Waals surface area contributed by atoms with Gasteiger partial charge in [-0.25, -0.2) is 4.68 Å². The third kappa shape index (κ3) is 5.21. The lowest BCUT2D eigenvalue weighted by Crippen LogP contribution is -2.32. The molecule has 0 fully saturated rings. The number of hydrogen-bond acceptors (Lipinski definition) is 3. The van der Waals surface area contributed by atoms with Gasteiger partial charge in [0.05, 0.1) is 11.4 Å². The monoisotopic (exact) mass is 398 g/mol. The van der Waals surface area contributed by atoms with E-state index in [2.05, 4.69) is 5.10 Å². The summed E-state index contributed by atoms with van der Waals surface area (Å²) in [6.45, 7) is 5.78. The minimum Gasteiger partial charge on any atom is -0.334 e. The lowest BCUT2D eigenvalue weighted by atomic mass is 10.1. The van der Waals surface area contributed by atoms with E-state index >= 15 is 0 Å². The van der Waals surface area contributed by atoms with Crippen molar-refractivity contribution in [1.82, 2.24) is 14.7 Å². The van der Waals surface area contributed by atoms with Crippen LogP contribution in [0.15, 0.2) is 60.7 Å². The molecule has 0 bridgehead atoms. The zero-order valence-corrected chi connectivity index (χ0v) is 17.2. The molecule has 3 rings (SSSR count). The maximum Gasteiger partial charge on any atom is 0.254 e. The minimum absolute atomic E-state index is 0. The maximum absolute atomic E-state index is 13.0. The molecule has 0 saturated carbocycles. The van der Waals surface area contributed by atoms with Gasteiger partial charge in [-0.05, 0) is 62.7 Å². The van der Waals surface area contributed by atoms with Gasteiger partial charge in [0.15, 0.2) is 0 Å². The number of aryl methyl sites for hydroxylation is 2. The lowest BCUT2D eigenvalue weighted by molar-refractivity contribution is 0.0742. The number of carbonyl (C=O) groups excluding carboxylic acids is 1. The van der Waals surface area contributed by atoms with Crippen LogP contribution < -0.4 is 5.73 Å². The first-order valence-corrected chi connectivity index (χ1v) is 9.25. The highest BCUT2D eigenvalue weighted by Crippen LogP contribution is 2.16. The molecule has 0 aliphatic rings. The molecular formula is C22H27ClN4O. The van der Waals surface area contributed by atoms with Crippen molar-refractivity contribution in [3.63, 3.8) is 0 Å². The van der Waals surface area contributed by atoms with E-state index in [1.165, 1.54) is 0 Å². The topological polar surface area (TPSA) is 64.2 Å². The number of nitrogens with two attached hydrogens (primary N) is 1. The Kier molecular flexibility index (Phi) is 7.79.